The van der Waals surface area contributed by atoms with Crippen LogP contribution in [0, 0.1) is 0 Å². The van der Waals surface area contributed by atoms with E-state index in [1.54, 1.807) is 0 Å². The number of unbranched alkanes of at least 4 members (excludes halogenated alkanes) is 2. The minimum atomic E-state index is -0.833. The van der Waals surface area contributed by atoms with Crippen molar-refractivity contribution < 1.29 is 78.9 Å². The molecule has 14 heteroatoms. The van der Waals surface area contributed by atoms with Crippen LogP contribution in [-0.2, 0) is 48.2 Å². The van der Waals surface area contributed by atoms with Gasteiger partial charge in [0.2, 0.25) is 0 Å². The second-order valence-electron chi connectivity index (χ2n) is 16.1. The van der Waals surface area contributed by atoms with Crippen molar-refractivity contribution in [2.45, 2.75) is 84.7 Å². The SMILES string of the molecule is C=Cc1ccc(CN(C)CCCCCC(=O)OC)cc1.C=Cc1ccc(CN(C)CCCN(C)Cc2ccc(C=C)cc2)cc1.C=Cc1ccccc1.CC(=O)O.CO.COC(C)=O.OC1CCCO1.[Na+].[OH-]. The number of aliphatic hydroxyl groups excluding tert-OH is 2. The number of rotatable bonds is 20. The Morgan fingerprint density at radius 2 is 0.931 bits per heavy atom. The molecule has 394 valence electrons. The Hall–Kier alpha value is -5.03. The van der Waals surface area contributed by atoms with E-state index in [0.29, 0.717) is 6.42 Å². The predicted molar refractivity (Wildman–Crippen MR) is 293 cm³/mol. The van der Waals surface area contributed by atoms with E-state index in [-0.39, 0.29) is 47.0 Å². The quantitative estimate of drug-likeness (QED) is 0.0449. The van der Waals surface area contributed by atoms with Crippen LogP contribution in [0.1, 0.15) is 97.7 Å². The molecule has 0 spiro atoms. The average Bonchev–Trinajstić information content (AvgIpc) is 3.86. The van der Waals surface area contributed by atoms with Crippen molar-refractivity contribution in [1.29, 1.82) is 0 Å². The molecule has 72 heavy (non-hydrogen) atoms. The molecule has 5 rings (SSSR count). The Kier molecular flexibility index (Phi) is 50.6. The number of aliphatic hydroxyl groups is 2. The number of esters is 2. The molecule has 0 radical (unpaired) electrons. The summed E-state index contributed by atoms with van der Waals surface area (Å²) in [6.07, 6.45) is 13.6. The summed E-state index contributed by atoms with van der Waals surface area (Å²) in [6, 6.07) is 35.8. The molecule has 4 N–H and O–H groups in total. The minimum Gasteiger partial charge on any atom is -0.870 e. The first-order valence-electron chi connectivity index (χ1n) is 23.5. The summed E-state index contributed by atoms with van der Waals surface area (Å²) in [4.78, 5) is 36.6. The standard InChI is InChI=1S/C23H30N2.C17H25NO2.C8H8.C4H8O2.C3H6O2.C2H4O2.CH4O.Na.H2O/c1-5-20-8-12-22(13-9-20)18-24(3)16-7-17-25(4)19-23-14-10-21(6-2)11-15-23;1-4-15-9-11-16(12-10-15)14-18(2)13-7-5-6-8-17(19)20-3;1-2-8-6-4-3-5-7-8;5-4-2-1-3-6-4;1-3(4)5-2;1-2(3)4;1-2;;/h5-6,8-15H,1-2,7,16-19H2,3-4H3;4,9-12H,1,5-8,13-14H2,2-3H3;2-7H,1H2;4-5H,1-3H2;1-2H3;1H3,(H,3,4);2H,1H3;;1H2/q;;;;;;;+1;/p-1. The van der Waals surface area contributed by atoms with Gasteiger partial charge in [-0.25, -0.2) is 0 Å². The normalized spacial score (nSPS) is 11.5. The van der Waals surface area contributed by atoms with E-state index in [1.807, 2.05) is 54.6 Å². The summed E-state index contributed by atoms with van der Waals surface area (Å²) < 4.78 is 13.4. The number of aliphatic carboxylic acids is 1. The first kappa shape index (κ1) is 73.5. The second kappa shape index (κ2) is 49.5. The number of carbonyl (C=O) groups excluding carboxylic acids is 2. The fourth-order valence-electron chi connectivity index (χ4n) is 6.14. The van der Waals surface area contributed by atoms with Crippen LogP contribution in [0.4, 0.5) is 0 Å². The molecule has 4 aromatic rings. The van der Waals surface area contributed by atoms with Crippen molar-refractivity contribution in [2.24, 2.45) is 0 Å². The molecule has 1 aliphatic rings. The van der Waals surface area contributed by atoms with Gasteiger partial charge in [-0.2, -0.15) is 0 Å². The predicted octanol–water partition coefficient (Wildman–Crippen LogP) is 7.57. The molecule has 0 saturated carbocycles. The molecule has 0 aromatic heterocycles. The first-order chi connectivity index (χ1) is 33.6. The fourth-order valence-corrected chi connectivity index (χ4v) is 6.14. The Bertz CT molecular complexity index is 1900. The number of hydrogen-bond donors (Lipinski definition) is 3. The number of carbonyl (C=O) groups is 3. The van der Waals surface area contributed by atoms with Crippen LogP contribution in [0.3, 0.4) is 0 Å². The third-order valence-electron chi connectivity index (χ3n) is 9.96. The summed E-state index contributed by atoms with van der Waals surface area (Å²) in [5.41, 5.74) is 8.69. The molecule has 1 fully saturated rings. The van der Waals surface area contributed by atoms with Gasteiger partial charge in [-0.05, 0) is 105 Å². The maximum Gasteiger partial charge on any atom is 1.00 e. The summed E-state index contributed by atoms with van der Waals surface area (Å²) >= 11 is 0. The van der Waals surface area contributed by atoms with Gasteiger partial charge in [-0.3, -0.25) is 14.4 Å². The van der Waals surface area contributed by atoms with Crippen LogP contribution in [-0.4, -0.2) is 128 Å². The molecule has 0 aliphatic carbocycles. The summed E-state index contributed by atoms with van der Waals surface area (Å²) in [7, 11) is 10.3. The molecule has 13 nitrogen and oxygen atoms in total. The van der Waals surface area contributed by atoms with Crippen LogP contribution in [0.25, 0.3) is 24.3 Å². The van der Waals surface area contributed by atoms with Gasteiger partial charge in [-0.1, -0.05) is 160 Å². The summed E-state index contributed by atoms with van der Waals surface area (Å²) in [5, 5.41) is 22.9. The van der Waals surface area contributed by atoms with Crippen molar-refractivity contribution in [2.75, 3.05) is 68.7 Å². The van der Waals surface area contributed by atoms with Crippen LogP contribution >= 0.6 is 0 Å². The number of benzene rings is 4. The largest absolute Gasteiger partial charge is 1.00 e. The molecular weight excluding hydrogens is 922 g/mol. The van der Waals surface area contributed by atoms with E-state index in [1.165, 1.54) is 60.9 Å². The number of ether oxygens (including phenoxy) is 3. The van der Waals surface area contributed by atoms with E-state index in [9.17, 15) is 9.59 Å². The molecular formula is C58H86N3NaO10. The smallest absolute Gasteiger partial charge is 0.870 e. The van der Waals surface area contributed by atoms with Crippen molar-refractivity contribution in [3.8, 4) is 0 Å². The summed E-state index contributed by atoms with van der Waals surface area (Å²) in [5.74, 6) is -1.19. The molecule has 1 aliphatic heterocycles. The zero-order chi connectivity index (χ0) is 53.0. The Balaban J connectivity index is -0.000000432. The fraction of sp³-hybridized carbons (Fsp3) is 0.397. The van der Waals surface area contributed by atoms with Gasteiger partial charge in [-0.15, -0.1) is 0 Å². The molecule has 0 amide bonds. The van der Waals surface area contributed by atoms with Gasteiger partial charge in [0, 0.05) is 60.0 Å². The molecule has 4 aromatic carbocycles. The van der Waals surface area contributed by atoms with Gasteiger partial charge in [0.1, 0.15) is 0 Å². The van der Waals surface area contributed by atoms with Crippen molar-refractivity contribution in [1.82, 2.24) is 14.7 Å². The van der Waals surface area contributed by atoms with E-state index in [0.717, 1.165) is 97.6 Å². The van der Waals surface area contributed by atoms with Gasteiger partial charge < -0.3 is 49.7 Å². The number of hydrogen-bond acceptors (Lipinski definition) is 12. The van der Waals surface area contributed by atoms with E-state index >= 15 is 0 Å². The molecule has 1 atom stereocenters. The van der Waals surface area contributed by atoms with Gasteiger partial charge in [0.05, 0.1) is 14.2 Å². The monoisotopic (exact) mass is 1010 g/mol. The van der Waals surface area contributed by atoms with E-state index < -0.39 is 12.3 Å². The number of nitrogens with zero attached hydrogens (tertiary/aromatic N) is 3. The van der Waals surface area contributed by atoms with Crippen LogP contribution in [0.5, 0.6) is 0 Å². The zero-order valence-electron chi connectivity index (χ0n) is 45.0. The van der Waals surface area contributed by atoms with Crippen LogP contribution in [0.2, 0.25) is 0 Å². The number of carboxylic acid groups (broad SMARTS) is 1. The second-order valence-corrected chi connectivity index (χ2v) is 16.1. The molecule has 0 bridgehead atoms. The van der Waals surface area contributed by atoms with Gasteiger partial charge in [0.25, 0.3) is 5.97 Å². The van der Waals surface area contributed by atoms with Crippen molar-refractivity contribution in [3.05, 3.63) is 168 Å². The molecule has 1 heterocycles. The summed E-state index contributed by atoms with van der Waals surface area (Å²) in [6.45, 7) is 24.3. The van der Waals surface area contributed by atoms with E-state index in [2.05, 4.69) is 144 Å². The maximum absolute atomic E-state index is 11.0. The van der Waals surface area contributed by atoms with Gasteiger partial charge >= 0.3 is 41.5 Å². The molecule has 1 saturated heterocycles. The third kappa shape index (κ3) is 43.7. The van der Waals surface area contributed by atoms with Gasteiger partial charge in [0.15, 0.2) is 6.29 Å². The average molecular weight is 1010 g/mol. The van der Waals surface area contributed by atoms with Crippen molar-refractivity contribution >= 4 is 42.2 Å². The van der Waals surface area contributed by atoms with Crippen molar-refractivity contribution in [3.63, 3.8) is 0 Å². The Morgan fingerprint density at radius 3 is 1.18 bits per heavy atom. The van der Waals surface area contributed by atoms with Crippen LogP contribution in [0.15, 0.2) is 129 Å². The number of carboxylic acids is 1. The van der Waals surface area contributed by atoms with Crippen LogP contribution < -0.4 is 29.6 Å². The topological polar surface area (TPSA) is 179 Å². The minimum absolute atomic E-state index is 0. The third-order valence-corrected chi connectivity index (χ3v) is 9.96. The maximum atomic E-state index is 11.0. The number of methoxy groups -OCH3 is 2. The first-order valence-corrected chi connectivity index (χ1v) is 23.5. The van der Waals surface area contributed by atoms with E-state index in [4.69, 9.17) is 24.9 Å². The zero-order valence-corrected chi connectivity index (χ0v) is 47.0. The Morgan fingerprint density at radius 1 is 0.597 bits per heavy atom. The Labute approximate surface area is 455 Å². The molecule has 1 unspecified atom stereocenters.